The maximum absolute atomic E-state index is 12.2. The average molecular weight is 258 g/mol. The van der Waals surface area contributed by atoms with Gasteiger partial charge in [0.2, 0.25) is 0 Å². The molecule has 98 valence electrons. The van der Waals surface area contributed by atoms with E-state index in [9.17, 15) is 9.90 Å². The monoisotopic (exact) mass is 258 g/mol. The number of phenols is 1. The fourth-order valence-corrected chi connectivity index (χ4v) is 1.73. The van der Waals surface area contributed by atoms with E-state index in [0.29, 0.717) is 17.1 Å². The molecule has 0 aliphatic heterocycles. The lowest BCUT2D eigenvalue weighted by molar-refractivity contribution is 0.103. The topological polar surface area (TPSA) is 55.8 Å². The molecule has 0 unspecified atom stereocenters. The number of ether oxygens (including phenoxy) is 2. The Bertz CT molecular complexity index is 588. The molecule has 0 radical (unpaired) electrons. The van der Waals surface area contributed by atoms with Crippen molar-refractivity contribution < 1.29 is 19.4 Å². The van der Waals surface area contributed by atoms with Gasteiger partial charge in [0.1, 0.15) is 17.2 Å². The molecular weight excluding hydrogens is 244 g/mol. The lowest BCUT2D eigenvalue weighted by Gasteiger charge is -2.07. The Morgan fingerprint density at radius 3 is 2.05 bits per heavy atom. The largest absolute Gasteiger partial charge is 0.507 e. The summed E-state index contributed by atoms with van der Waals surface area (Å²) in [5.41, 5.74) is 0.729. The molecule has 4 heteroatoms. The molecule has 0 atom stereocenters. The highest BCUT2D eigenvalue weighted by atomic mass is 16.5. The van der Waals surface area contributed by atoms with E-state index in [-0.39, 0.29) is 17.1 Å². The predicted octanol–water partition coefficient (Wildman–Crippen LogP) is 2.64. The number of phenolic OH excluding ortho intramolecular Hbond substituents is 1. The van der Waals surface area contributed by atoms with Gasteiger partial charge in [0.15, 0.2) is 5.78 Å². The van der Waals surface area contributed by atoms with Crippen LogP contribution in [0.4, 0.5) is 0 Å². The van der Waals surface area contributed by atoms with Crippen LogP contribution < -0.4 is 9.47 Å². The van der Waals surface area contributed by atoms with Crippen LogP contribution in [0, 0.1) is 0 Å². The van der Waals surface area contributed by atoms with Gasteiger partial charge in [-0.05, 0) is 36.4 Å². The summed E-state index contributed by atoms with van der Waals surface area (Å²) in [6, 6.07) is 11.3. The Labute approximate surface area is 111 Å². The third-order valence-electron chi connectivity index (χ3n) is 2.80. The van der Waals surface area contributed by atoms with Gasteiger partial charge in [-0.1, -0.05) is 0 Å². The van der Waals surface area contributed by atoms with Crippen LogP contribution in [0.15, 0.2) is 42.5 Å². The van der Waals surface area contributed by atoms with E-state index in [1.54, 1.807) is 43.5 Å². The van der Waals surface area contributed by atoms with Crippen LogP contribution in [0.2, 0.25) is 0 Å². The van der Waals surface area contributed by atoms with E-state index in [1.807, 2.05) is 0 Å². The molecule has 0 aromatic heterocycles. The van der Waals surface area contributed by atoms with Gasteiger partial charge in [-0.2, -0.15) is 0 Å². The molecule has 2 aromatic rings. The molecule has 0 aliphatic carbocycles. The Balaban J connectivity index is 2.32. The first-order chi connectivity index (χ1) is 9.15. The smallest absolute Gasteiger partial charge is 0.196 e. The fraction of sp³-hybridized carbons (Fsp3) is 0.133. The molecule has 0 aliphatic rings. The van der Waals surface area contributed by atoms with Gasteiger partial charge >= 0.3 is 0 Å². The van der Waals surface area contributed by atoms with Crippen molar-refractivity contribution in [2.45, 2.75) is 0 Å². The van der Waals surface area contributed by atoms with Gasteiger partial charge in [0, 0.05) is 11.6 Å². The average Bonchev–Trinajstić information content (AvgIpc) is 2.46. The molecular formula is C15H14O4. The molecule has 2 rings (SSSR count). The second-order valence-electron chi connectivity index (χ2n) is 3.94. The molecule has 2 aromatic carbocycles. The molecule has 0 fully saturated rings. The molecule has 1 N–H and O–H groups in total. The first-order valence-electron chi connectivity index (χ1n) is 5.71. The number of carbonyl (C=O) groups is 1. The van der Waals surface area contributed by atoms with Crippen LogP contribution >= 0.6 is 0 Å². The zero-order valence-electron chi connectivity index (χ0n) is 10.7. The van der Waals surface area contributed by atoms with Gasteiger partial charge in [-0.25, -0.2) is 0 Å². The van der Waals surface area contributed by atoms with E-state index >= 15 is 0 Å². The number of aromatic hydroxyl groups is 1. The molecule has 0 saturated carbocycles. The number of hydrogen-bond acceptors (Lipinski definition) is 4. The van der Waals surface area contributed by atoms with E-state index in [0.717, 1.165) is 0 Å². The number of benzene rings is 2. The van der Waals surface area contributed by atoms with Crippen LogP contribution in [0.1, 0.15) is 15.9 Å². The Morgan fingerprint density at radius 1 is 0.947 bits per heavy atom. The van der Waals surface area contributed by atoms with Crippen molar-refractivity contribution in [3.05, 3.63) is 53.6 Å². The first-order valence-corrected chi connectivity index (χ1v) is 5.71. The molecule has 19 heavy (non-hydrogen) atoms. The standard InChI is InChI=1S/C15H14O4/c1-18-11-5-3-10(4-6-11)15(17)13-8-7-12(19-2)9-14(13)16/h3-9,16H,1-2H3. The quantitative estimate of drug-likeness (QED) is 0.856. The van der Waals surface area contributed by atoms with Crippen LogP contribution in [-0.4, -0.2) is 25.1 Å². The van der Waals surface area contributed by atoms with Crippen LogP contribution in [0.3, 0.4) is 0 Å². The minimum atomic E-state index is -0.247. The zero-order valence-corrected chi connectivity index (χ0v) is 10.7. The summed E-state index contributed by atoms with van der Waals surface area (Å²) < 4.78 is 10.0. The summed E-state index contributed by atoms with van der Waals surface area (Å²) in [5, 5.41) is 9.83. The van der Waals surface area contributed by atoms with Crippen molar-refractivity contribution in [2.24, 2.45) is 0 Å². The van der Waals surface area contributed by atoms with Crippen LogP contribution in [0.5, 0.6) is 17.2 Å². The summed E-state index contributed by atoms with van der Waals surface area (Å²) in [5.74, 6) is 0.835. The third-order valence-corrected chi connectivity index (χ3v) is 2.80. The highest BCUT2D eigenvalue weighted by molar-refractivity contribution is 6.10. The number of carbonyl (C=O) groups excluding carboxylic acids is 1. The molecule has 0 bridgehead atoms. The molecule has 0 heterocycles. The van der Waals surface area contributed by atoms with Crippen molar-refractivity contribution in [1.82, 2.24) is 0 Å². The van der Waals surface area contributed by atoms with Gasteiger partial charge in [-0.3, -0.25) is 4.79 Å². The van der Waals surface area contributed by atoms with Crippen molar-refractivity contribution in [3.63, 3.8) is 0 Å². The summed E-state index contributed by atoms with van der Waals surface area (Å²) in [6.45, 7) is 0. The van der Waals surface area contributed by atoms with Gasteiger partial charge in [0.05, 0.1) is 19.8 Å². The molecule has 0 spiro atoms. The molecule has 0 saturated heterocycles. The van der Waals surface area contributed by atoms with E-state index in [4.69, 9.17) is 9.47 Å². The number of rotatable bonds is 4. The number of ketones is 1. The van der Waals surface area contributed by atoms with Crippen molar-refractivity contribution in [1.29, 1.82) is 0 Å². The maximum atomic E-state index is 12.2. The third kappa shape index (κ3) is 2.68. The number of hydrogen-bond donors (Lipinski definition) is 1. The van der Waals surface area contributed by atoms with Crippen molar-refractivity contribution in [3.8, 4) is 17.2 Å². The number of methoxy groups -OCH3 is 2. The normalized spacial score (nSPS) is 10.0. The van der Waals surface area contributed by atoms with Crippen LogP contribution in [0.25, 0.3) is 0 Å². The van der Waals surface area contributed by atoms with Crippen molar-refractivity contribution >= 4 is 5.78 Å². The van der Waals surface area contributed by atoms with E-state index < -0.39 is 0 Å². The zero-order chi connectivity index (χ0) is 13.8. The van der Waals surface area contributed by atoms with Gasteiger partial charge in [0.25, 0.3) is 0 Å². The molecule has 0 amide bonds. The summed E-state index contributed by atoms with van der Waals surface area (Å²) in [7, 11) is 3.06. The minimum absolute atomic E-state index is 0.0971. The second-order valence-corrected chi connectivity index (χ2v) is 3.94. The van der Waals surface area contributed by atoms with Gasteiger partial charge in [-0.15, -0.1) is 0 Å². The fourth-order valence-electron chi connectivity index (χ4n) is 1.73. The Hall–Kier alpha value is -2.49. The van der Waals surface area contributed by atoms with E-state index in [1.165, 1.54) is 13.2 Å². The predicted molar refractivity (Wildman–Crippen MR) is 71.1 cm³/mol. The van der Waals surface area contributed by atoms with Gasteiger partial charge < -0.3 is 14.6 Å². The summed E-state index contributed by atoms with van der Waals surface area (Å²) >= 11 is 0. The summed E-state index contributed by atoms with van der Waals surface area (Å²) in [6.07, 6.45) is 0. The SMILES string of the molecule is COc1ccc(C(=O)c2ccc(OC)cc2O)cc1. The van der Waals surface area contributed by atoms with E-state index in [2.05, 4.69) is 0 Å². The highest BCUT2D eigenvalue weighted by Gasteiger charge is 2.14. The molecule has 4 nitrogen and oxygen atoms in total. The van der Waals surface area contributed by atoms with Crippen LogP contribution in [-0.2, 0) is 0 Å². The lowest BCUT2D eigenvalue weighted by atomic mass is 10.0. The lowest BCUT2D eigenvalue weighted by Crippen LogP contribution is -2.01. The maximum Gasteiger partial charge on any atom is 0.196 e. The second kappa shape index (κ2) is 5.44. The highest BCUT2D eigenvalue weighted by Crippen LogP contribution is 2.26. The first kappa shape index (κ1) is 13.0. The minimum Gasteiger partial charge on any atom is -0.507 e. The Morgan fingerprint density at radius 2 is 1.53 bits per heavy atom. The Kier molecular flexibility index (Phi) is 3.71. The summed E-state index contributed by atoms with van der Waals surface area (Å²) in [4.78, 5) is 12.2. The van der Waals surface area contributed by atoms with Crippen molar-refractivity contribution in [2.75, 3.05) is 14.2 Å².